The Morgan fingerprint density at radius 3 is 1.77 bits per heavy atom. The topological polar surface area (TPSA) is 101 Å². The van der Waals surface area contributed by atoms with Gasteiger partial charge in [0.1, 0.15) is 12.2 Å². The van der Waals surface area contributed by atoms with Crippen LogP contribution in [0, 0.1) is 28.6 Å². The maximum Gasteiger partial charge on any atom is 0.306 e. The summed E-state index contributed by atoms with van der Waals surface area (Å²) in [6.45, 7) is 26.9. The first-order valence-electron chi connectivity index (χ1n) is 24.5. The molecule has 0 saturated heterocycles. The molecular weight excluding hydrogens is 767 g/mol. The van der Waals surface area contributed by atoms with Gasteiger partial charge in [-0.15, -0.1) is 0 Å². The molecular formula is C52H95NO8. The van der Waals surface area contributed by atoms with E-state index < -0.39 is 6.29 Å². The lowest BCUT2D eigenvalue weighted by Gasteiger charge is -2.42. The number of hydrogen-bond acceptors (Lipinski definition) is 9. The molecule has 1 rings (SSSR count). The van der Waals surface area contributed by atoms with E-state index in [1.54, 1.807) is 0 Å². The number of rotatable bonds is 35. The molecule has 1 fully saturated rings. The van der Waals surface area contributed by atoms with Crippen LogP contribution in [0.3, 0.4) is 0 Å². The molecule has 0 aromatic carbocycles. The van der Waals surface area contributed by atoms with Crippen molar-refractivity contribution in [1.29, 1.82) is 0 Å². The zero-order valence-electron chi connectivity index (χ0n) is 41.8. The quantitative estimate of drug-likeness (QED) is 0.0203. The normalized spacial score (nSPS) is 20.4. The fraction of sp³-hybridized carbons (Fsp3) is 0.865. The second-order valence-electron chi connectivity index (χ2n) is 20.2. The lowest BCUT2D eigenvalue weighted by molar-refractivity contribution is -0.161. The molecule has 0 radical (unpaired) electrons. The van der Waals surface area contributed by atoms with E-state index in [0.29, 0.717) is 69.7 Å². The molecule has 0 aromatic heterocycles. The number of esters is 3. The Hall–Kier alpha value is -2.23. The summed E-state index contributed by atoms with van der Waals surface area (Å²) in [6, 6.07) is 0. The van der Waals surface area contributed by atoms with Crippen LogP contribution in [0.4, 0.5) is 0 Å². The summed E-state index contributed by atoms with van der Waals surface area (Å²) in [4.78, 5) is 40.6. The Morgan fingerprint density at radius 1 is 0.672 bits per heavy atom. The number of unbranched alkanes of at least 4 members (excludes halogenated alkanes) is 3. The first-order chi connectivity index (χ1) is 28.8. The van der Waals surface area contributed by atoms with Crippen LogP contribution in [0.15, 0.2) is 23.3 Å². The first-order valence-corrected chi connectivity index (χ1v) is 24.5. The van der Waals surface area contributed by atoms with E-state index in [0.717, 1.165) is 96.4 Å². The minimum Gasteiger partial charge on any atom is -0.466 e. The summed E-state index contributed by atoms with van der Waals surface area (Å²) in [6.07, 6.45) is 20.0. The third-order valence-electron chi connectivity index (χ3n) is 13.7. The number of nitrogens with zero attached hydrogens (tertiary/aromatic N) is 1. The van der Waals surface area contributed by atoms with Gasteiger partial charge in [0.15, 0.2) is 6.29 Å². The lowest BCUT2D eigenvalue weighted by atomic mass is 9.64. The van der Waals surface area contributed by atoms with Gasteiger partial charge in [0.05, 0.1) is 13.0 Å². The highest BCUT2D eigenvalue weighted by Gasteiger charge is 2.56. The van der Waals surface area contributed by atoms with Crippen molar-refractivity contribution in [3.8, 4) is 0 Å². The second kappa shape index (κ2) is 31.6. The molecule has 356 valence electrons. The maximum atomic E-state index is 13.0. The van der Waals surface area contributed by atoms with Gasteiger partial charge in [-0.05, 0) is 161 Å². The molecule has 0 heterocycles. The van der Waals surface area contributed by atoms with E-state index in [9.17, 15) is 14.4 Å². The average molecular weight is 862 g/mol. The van der Waals surface area contributed by atoms with Gasteiger partial charge in [-0.2, -0.15) is 0 Å². The van der Waals surface area contributed by atoms with Crippen molar-refractivity contribution in [2.75, 3.05) is 40.5 Å². The highest BCUT2D eigenvalue weighted by molar-refractivity contribution is 5.70. The summed E-state index contributed by atoms with van der Waals surface area (Å²) in [5.74, 6) is 1.06. The molecule has 5 unspecified atom stereocenters. The van der Waals surface area contributed by atoms with Crippen molar-refractivity contribution in [3.63, 3.8) is 0 Å². The number of hydrogen-bond donors (Lipinski definition) is 0. The highest BCUT2D eigenvalue weighted by Crippen LogP contribution is 2.58. The van der Waals surface area contributed by atoms with E-state index in [1.807, 2.05) is 14.1 Å². The van der Waals surface area contributed by atoms with Crippen LogP contribution in [0.2, 0.25) is 0 Å². The van der Waals surface area contributed by atoms with Crippen molar-refractivity contribution in [3.05, 3.63) is 23.3 Å². The largest absolute Gasteiger partial charge is 0.466 e. The van der Waals surface area contributed by atoms with Crippen molar-refractivity contribution in [2.45, 2.75) is 223 Å². The van der Waals surface area contributed by atoms with E-state index in [2.05, 4.69) is 93.2 Å². The molecule has 0 spiro atoms. The minimum absolute atomic E-state index is 0.0808. The van der Waals surface area contributed by atoms with Crippen LogP contribution < -0.4 is 0 Å². The summed E-state index contributed by atoms with van der Waals surface area (Å²) < 4.78 is 30.1. The van der Waals surface area contributed by atoms with Crippen LogP contribution in [-0.4, -0.2) is 81.8 Å². The number of ether oxygens (including phenoxy) is 5. The predicted octanol–water partition coefficient (Wildman–Crippen LogP) is 13.0. The molecule has 1 aliphatic carbocycles. The molecule has 9 nitrogen and oxygen atoms in total. The Kier molecular flexibility index (Phi) is 29.4. The molecule has 6 atom stereocenters. The molecule has 61 heavy (non-hydrogen) atoms. The lowest BCUT2D eigenvalue weighted by Crippen LogP contribution is -2.40. The van der Waals surface area contributed by atoms with Crippen molar-refractivity contribution in [1.82, 2.24) is 4.90 Å². The monoisotopic (exact) mass is 862 g/mol. The van der Waals surface area contributed by atoms with Crippen molar-refractivity contribution in [2.24, 2.45) is 28.6 Å². The second-order valence-corrected chi connectivity index (χ2v) is 20.2. The summed E-state index contributed by atoms with van der Waals surface area (Å²) >= 11 is 0. The summed E-state index contributed by atoms with van der Waals surface area (Å²) in [7, 11) is 4.00. The minimum atomic E-state index is -0.413. The summed E-state index contributed by atoms with van der Waals surface area (Å²) in [5.41, 5.74) is 2.76. The third kappa shape index (κ3) is 25.0. The van der Waals surface area contributed by atoms with E-state index in [-0.39, 0.29) is 47.4 Å². The molecule has 0 bridgehead atoms. The van der Waals surface area contributed by atoms with Gasteiger partial charge >= 0.3 is 17.9 Å². The van der Waals surface area contributed by atoms with E-state index in [4.69, 9.17) is 23.7 Å². The number of allylic oxidation sites excluding steroid dienone is 4. The van der Waals surface area contributed by atoms with E-state index >= 15 is 0 Å². The number of carbonyl (C=O) groups excluding carboxylic acids is 3. The van der Waals surface area contributed by atoms with Gasteiger partial charge in [-0.25, -0.2) is 0 Å². The fourth-order valence-corrected chi connectivity index (χ4v) is 8.56. The van der Waals surface area contributed by atoms with Crippen LogP contribution in [0.1, 0.15) is 205 Å². The fourth-order valence-electron chi connectivity index (χ4n) is 8.56. The predicted molar refractivity (Wildman–Crippen MR) is 251 cm³/mol. The molecule has 1 saturated carbocycles. The average Bonchev–Trinajstić information content (AvgIpc) is 3.34. The van der Waals surface area contributed by atoms with Gasteiger partial charge in [0, 0.05) is 37.9 Å². The maximum absolute atomic E-state index is 13.0. The molecule has 0 N–H and O–H groups in total. The van der Waals surface area contributed by atoms with Crippen LogP contribution >= 0.6 is 0 Å². The Bertz CT molecular complexity index is 1230. The summed E-state index contributed by atoms with van der Waals surface area (Å²) in [5, 5.41) is 0. The molecule has 0 aromatic rings. The Balaban J connectivity index is 2.54. The standard InChI is InChI=1S/C52H95NO8/c1-14-52(11)44(8)39-46(51(52,9)10)61-49(56)29-21-28-45(60-48(55)30-22-35-53(12)13)27-17-15-16-18-36-57-47(54)31-32-50(58-37-33-42(6)25-19-23-40(2)3)59-38-34-43(7)26-20-24-41(4)5/h23-24,42-46,50H,14-22,25-39H2,1-13H3/t42?,43?,44?,45?,46-,50?,52?/m1/s1. The molecule has 9 heteroatoms. The van der Waals surface area contributed by atoms with Gasteiger partial charge in [-0.3, -0.25) is 14.4 Å². The highest BCUT2D eigenvalue weighted by atomic mass is 16.7. The van der Waals surface area contributed by atoms with E-state index in [1.165, 1.54) is 11.1 Å². The van der Waals surface area contributed by atoms with Crippen LogP contribution in [0.25, 0.3) is 0 Å². The van der Waals surface area contributed by atoms with Gasteiger partial charge in [-0.1, -0.05) is 84.6 Å². The number of carbonyl (C=O) groups is 3. The smallest absolute Gasteiger partial charge is 0.306 e. The SMILES string of the molecule is CCC1(C)C(C)C[C@@H](OC(=O)CCCC(CCCCCCOC(=O)CCC(OCCC(C)CCC=C(C)C)OCCC(C)CCC=C(C)C)OC(=O)CCCN(C)C)C1(C)C. The molecule has 1 aliphatic rings. The Labute approximate surface area is 375 Å². The molecule has 0 aliphatic heterocycles. The van der Waals surface area contributed by atoms with Gasteiger partial charge < -0.3 is 28.6 Å². The van der Waals surface area contributed by atoms with Crippen molar-refractivity contribution < 1.29 is 38.1 Å². The zero-order valence-corrected chi connectivity index (χ0v) is 41.8. The van der Waals surface area contributed by atoms with Crippen LogP contribution in [0.5, 0.6) is 0 Å². The first kappa shape index (κ1) is 56.8. The van der Waals surface area contributed by atoms with Gasteiger partial charge in [0.25, 0.3) is 0 Å². The third-order valence-corrected chi connectivity index (χ3v) is 13.7. The molecule has 0 amide bonds. The zero-order chi connectivity index (χ0) is 45.8. The Morgan fingerprint density at radius 2 is 1.23 bits per heavy atom. The van der Waals surface area contributed by atoms with Crippen molar-refractivity contribution >= 4 is 17.9 Å². The van der Waals surface area contributed by atoms with Crippen LogP contribution in [-0.2, 0) is 38.1 Å². The van der Waals surface area contributed by atoms with Gasteiger partial charge in [0.2, 0.25) is 0 Å².